The summed E-state index contributed by atoms with van der Waals surface area (Å²) in [5.41, 5.74) is 0. The van der Waals surface area contributed by atoms with Crippen LogP contribution in [-0.4, -0.2) is 37.7 Å². The molecule has 0 heterocycles. The van der Waals surface area contributed by atoms with Crippen LogP contribution in [0.3, 0.4) is 0 Å². The van der Waals surface area contributed by atoms with Crippen molar-refractivity contribution < 1.29 is 50.7 Å². The fourth-order valence-electron chi connectivity index (χ4n) is 0. The molecule has 0 aromatic carbocycles. The Balaban J connectivity index is -0.000000000500. The first-order valence-corrected chi connectivity index (χ1v) is 1.21. The molecular weight excluding hydrogens is 154 g/mol. The first kappa shape index (κ1) is 16.0. The monoisotopic (exact) mass is 156 g/mol. The van der Waals surface area contributed by atoms with Crippen molar-refractivity contribution in [2.45, 2.75) is 0 Å². The van der Waals surface area contributed by atoms with Gasteiger partial charge in [0.15, 0.2) is 0 Å². The molecule has 0 atom stereocenters. The van der Waals surface area contributed by atoms with Crippen LogP contribution >= 0.6 is 0 Å². The van der Waals surface area contributed by atoms with Gasteiger partial charge in [0.1, 0.15) is 0 Å². The molecule has 0 fully saturated rings. The Morgan fingerprint density at radius 1 is 1.50 bits per heavy atom. The first-order valence-electron chi connectivity index (χ1n) is 0.204. The molecule has 0 aromatic rings. The first-order chi connectivity index (χ1) is 1.00. The zero-order valence-corrected chi connectivity index (χ0v) is 7.28. The van der Waals surface area contributed by atoms with Crippen LogP contribution in [0.5, 0.6) is 0 Å². The summed E-state index contributed by atoms with van der Waals surface area (Å²) in [5.74, 6) is 0. The fourth-order valence-corrected chi connectivity index (χ4v) is 0. The molecule has 0 aliphatic heterocycles. The van der Waals surface area contributed by atoms with Crippen LogP contribution in [0.1, 0.15) is 4.28 Å². The molecule has 0 bridgehead atoms. The Morgan fingerprint density at radius 3 is 1.50 bits per heavy atom. The molecule has 0 aromatic heterocycles. The van der Waals surface area contributed by atoms with Crippen molar-refractivity contribution in [3.8, 4) is 0 Å². The van der Waals surface area contributed by atoms with E-state index in [1.807, 2.05) is 0 Å². The SMILES string of the molecule is [Ca+2].[H-].[H-].[H-].[Li+].[O]=[Zr]. The Labute approximate surface area is 86.8 Å². The van der Waals surface area contributed by atoms with Gasteiger partial charge in [-0.05, 0) is 0 Å². The fraction of sp³-hybridized carbons (Fsp3) is 0. The number of hydrogen-bond donors (Lipinski definition) is 0. The van der Waals surface area contributed by atoms with Crippen LogP contribution in [0.25, 0.3) is 0 Å². The van der Waals surface area contributed by atoms with Gasteiger partial charge in [0.25, 0.3) is 0 Å². The molecule has 16 valence electrons. The van der Waals surface area contributed by atoms with E-state index in [1.165, 1.54) is 0 Å². The van der Waals surface area contributed by atoms with E-state index in [2.05, 4.69) is 0 Å². The van der Waals surface area contributed by atoms with Crippen molar-refractivity contribution in [3.05, 3.63) is 0 Å². The maximum absolute atomic E-state index is 8.34. The Morgan fingerprint density at radius 2 is 1.50 bits per heavy atom. The number of rotatable bonds is 0. The Bertz CT molecular complexity index is 14.9. The molecule has 0 saturated carbocycles. The summed E-state index contributed by atoms with van der Waals surface area (Å²) in [6, 6.07) is 0. The molecule has 4 heavy (non-hydrogen) atoms. The van der Waals surface area contributed by atoms with E-state index < -0.39 is 0 Å². The van der Waals surface area contributed by atoms with E-state index in [0.717, 1.165) is 0 Å². The van der Waals surface area contributed by atoms with Gasteiger partial charge in [0.2, 0.25) is 0 Å². The zero-order valence-electron chi connectivity index (χ0n) is 5.62. The van der Waals surface area contributed by atoms with Crippen molar-refractivity contribution in [3.63, 3.8) is 0 Å². The van der Waals surface area contributed by atoms with E-state index in [0.29, 0.717) is 24.7 Å². The summed E-state index contributed by atoms with van der Waals surface area (Å²) in [6.07, 6.45) is 0. The molecule has 0 radical (unpaired) electrons. The normalized spacial score (nSPS) is 0.750. The standard InChI is InChI=1S/Ca.Li.O.Zr.3H/q+2;+1;;;3*-1. The van der Waals surface area contributed by atoms with E-state index >= 15 is 0 Å². The molecular formula is H3CaLiOZr. The van der Waals surface area contributed by atoms with Gasteiger partial charge in [0, 0.05) is 0 Å². The second-order valence-corrected chi connectivity index (χ2v) is 0. The van der Waals surface area contributed by atoms with Gasteiger partial charge in [-0.3, -0.25) is 0 Å². The van der Waals surface area contributed by atoms with Crippen LogP contribution in [0.2, 0.25) is 0 Å². The molecule has 0 aliphatic rings. The van der Waals surface area contributed by atoms with Crippen molar-refractivity contribution in [1.29, 1.82) is 0 Å². The Hall–Kier alpha value is 2.54. The van der Waals surface area contributed by atoms with Crippen molar-refractivity contribution in [2.75, 3.05) is 0 Å². The summed E-state index contributed by atoms with van der Waals surface area (Å²) >= 11 is 0.300. The van der Waals surface area contributed by atoms with Crippen LogP contribution in [0.4, 0.5) is 0 Å². The third kappa shape index (κ3) is 8.82. The molecule has 0 spiro atoms. The van der Waals surface area contributed by atoms with Gasteiger partial charge in [-0.15, -0.1) is 0 Å². The summed E-state index contributed by atoms with van der Waals surface area (Å²) < 4.78 is 8.34. The van der Waals surface area contributed by atoms with Gasteiger partial charge in [0.05, 0.1) is 0 Å². The van der Waals surface area contributed by atoms with Crippen LogP contribution in [0, 0.1) is 0 Å². The summed E-state index contributed by atoms with van der Waals surface area (Å²) in [4.78, 5) is 0. The average molecular weight is 157 g/mol. The van der Waals surface area contributed by atoms with E-state index in [1.54, 1.807) is 0 Å². The molecule has 0 N–H and O–H groups in total. The van der Waals surface area contributed by atoms with Crippen LogP contribution < -0.4 is 18.9 Å². The molecule has 0 rings (SSSR count). The molecule has 4 heteroatoms. The second kappa shape index (κ2) is 17.7. The topological polar surface area (TPSA) is 17.1 Å². The Kier molecular flexibility index (Phi) is 70.9. The zero-order chi connectivity index (χ0) is 2.00. The number of hydrogen-bond acceptors (Lipinski definition) is 1. The molecule has 0 saturated heterocycles. The van der Waals surface area contributed by atoms with E-state index in [9.17, 15) is 0 Å². The summed E-state index contributed by atoms with van der Waals surface area (Å²) in [6.45, 7) is 0. The predicted octanol–water partition coefficient (Wildman–Crippen LogP) is -3.16. The average Bonchev–Trinajstić information content (AvgIpc) is 1.00. The van der Waals surface area contributed by atoms with Crippen LogP contribution in [0.15, 0.2) is 0 Å². The van der Waals surface area contributed by atoms with Gasteiger partial charge in [-0.1, -0.05) is 0 Å². The van der Waals surface area contributed by atoms with E-state index in [-0.39, 0.29) is 60.9 Å². The van der Waals surface area contributed by atoms with Gasteiger partial charge < -0.3 is 4.28 Å². The maximum atomic E-state index is 8.34. The molecule has 0 aliphatic carbocycles. The van der Waals surface area contributed by atoms with Crippen molar-refractivity contribution >= 4 is 37.7 Å². The third-order valence-electron chi connectivity index (χ3n) is 0. The van der Waals surface area contributed by atoms with Crippen molar-refractivity contribution in [2.24, 2.45) is 0 Å². The minimum absolute atomic E-state index is 0. The van der Waals surface area contributed by atoms with Gasteiger partial charge in [-0.25, -0.2) is 0 Å². The second-order valence-electron chi connectivity index (χ2n) is 0. The molecule has 0 amide bonds. The summed E-state index contributed by atoms with van der Waals surface area (Å²) in [5, 5.41) is 0. The minimum atomic E-state index is 0. The predicted molar refractivity (Wildman–Crippen MR) is 9.78 cm³/mol. The quantitative estimate of drug-likeness (QED) is 0.339. The van der Waals surface area contributed by atoms with Gasteiger partial charge in [-0.2, -0.15) is 0 Å². The van der Waals surface area contributed by atoms with Gasteiger partial charge >= 0.3 is 84.1 Å². The van der Waals surface area contributed by atoms with Crippen LogP contribution in [-0.2, 0) is 27.5 Å². The van der Waals surface area contributed by atoms with Crippen molar-refractivity contribution in [1.82, 2.24) is 0 Å². The third-order valence-corrected chi connectivity index (χ3v) is 0. The molecule has 1 nitrogen and oxygen atoms in total. The van der Waals surface area contributed by atoms with E-state index in [4.69, 9.17) is 2.81 Å². The molecule has 0 unspecified atom stereocenters. The summed E-state index contributed by atoms with van der Waals surface area (Å²) in [7, 11) is 0.